The zero-order valence-corrected chi connectivity index (χ0v) is 14.4. The van der Waals surface area contributed by atoms with Crippen molar-refractivity contribution in [2.75, 3.05) is 18.0 Å². The van der Waals surface area contributed by atoms with E-state index >= 15 is 0 Å². The number of benzene rings is 2. The molecule has 0 saturated carbocycles. The number of hydrogen-bond donors (Lipinski definition) is 1. The third kappa shape index (κ3) is 4.28. The maximum absolute atomic E-state index is 13.5. The number of hydrogen-bond acceptors (Lipinski definition) is 4. The van der Waals surface area contributed by atoms with Crippen LogP contribution in [0.2, 0.25) is 0 Å². The Bertz CT molecular complexity index is 873. The maximum atomic E-state index is 13.5. The van der Waals surface area contributed by atoms with Crippen LogP contribution >= 0.6 is 0 Å². The van der Waals surface area contributed by atoms with Gasteiger partial charge in [0.05, 0.1) is 16.5 Å². The molecule has 1 heterocycles. The van der Waals surface area contributed by atoms with Gasteiger partial charge in [0.25, 0.3) is 0 Å². The molecule has 1 saturated heterocycles. The molecule has 0 bridgehead atoms. The van der Waals surface area contributed by atoms with E-state index in [-0.39, 0.29) is 30.5 Å². The van der Waals surface area contributed by atoms with Gasteiger partial charge < -0.3 is 10.2 Å². The number of carbonyl (C=O) groups excluding carboxylic acids is 2. The van der Waals surface area contributed by atoms with Gasteiger partial charge in [0.2, 0.25) is 17.6 Å². The minimum atomic E-state index is -0.967. The van der Waals surface area contributed by atoms with Gasteiger partial charge in [-0.05, 0) is 24.1 Å². The van der Waals surface area contributed by atoms with E-state index in [4.69, 9.17) is 0 Å². The molecule has 2 aromatic rings. The van der Waals surface area contributed by atoms with Gasteiger partial charge in [-0.3, -0.25) is 19.7 Å². The van der Waals surface area contributed by atoms with E-state index in [0.29, 0.717) is 13.0 Å². The summed E-state index contributed by atoms with van der Waals surface area (Å²) in [6.45, 7) is 0.564. The van der Waals surface area contributed by atoms with E-state index in [1.165, 1.54) is 11.0 Å². The highest BCUT2D eigenvalue weighted by atomic mass is 19.1. The highest BCUT2D eigenvalue weighted by Gasteiger charge is 2.35. The molecule has 0 radical (unpaired) electrons. The fourth-order valence-electron chi connectivity index (χ4n) is 3.06. The Hall–Kier alpha value is -3.29. The van der Waals surface area contributed by atoms with Crippen LogP contribution in [0, 0.1) is 21.8 Å². The SMILES string of the molecule is O=C(NCCc1ccccc1)C1CC(=O)N(c2ccc(F)c([N+](=O)[O-])c2)C1. The van der Waals surface area contributed by atoms with Crippen LogP contribution in [0.1, 0.15) is 12.0 Å². The number of amides is 2. The molecule has 0 aliphatic carbocycles. The molecule has 1 unspecified atom stereocenters. The lowest BCUT2D eigenvalue weighted by molar-refractivity contribution is -0.387. The van der Waals surface area contributed by atoms with Crippen molar-refractivity contribution in [2.24, 2.45) is 5.92 Å². The maximum Gasteiger partial charge on any atom is 0.306 e. The second-order valence-electron chi connectivity index (χ2n) is 6.32. The minimum absolute atomic E-state index is 0.0162. The zero-order chi connectivity index (χ0) is 19.4. The topological polar surface area (TPSA) is 92.6 Å². The molecule has 140 valence electrons. The zero-order valence-electron chi connectivity index (χ0n) is 14.4. The molecule has 1 N–H and O–H groups in total. The van der Waals surface area contributed by atoms with Crippen LogP contribution in [0.3, 0.4) is 0 Å². The third-order valence-corrected chi connectivity index (χ3v) is 4.49. The first kappa shape index (κ1) is 18.5. The summed E-state index contributed by atoms with van der Waals surface area (Å²) in [5.41, 5.74) is 0.615. The predicted molar refractivity (Wildman–Crippen MR) is 96.7 cm³/mol. The number of nitro benzene ring substituents is 1. The van der Waals surface area contributed by atoms with Crippen molar-refractivity contribution >= 4 is 23.2 Å². The molecule has 1 aliphatic rings. The Morgan fingerprint density at radius 1 is 1.26 bits per heavy atom. The van der Waals surface area contributed by atoms with E-state index in [1.54, 1.807) is 0 Å². The number of halogens is 1. The van der Waals surface area contributed by atoms with Crippen LogP contribution in [-0.2, 0) is 16.0 Å². The molecule has 27 heavy (non-hydrogen) atoms. The fraction of sp³-hybridized carbons (Fsp3) is 0.263. The van der Waals surface area contributed by atoms with Crippen LogP contribution in [0.5, 0.6) is 0 Å². The van der Waals surface area contributed by atoms with Gasteiger partial charge in [-0.25, -0.2) is 0 Å². The van der Waals surface area contributed by atoms with Gasteiger partial charge in [0.1, 0.15) is 0 Å². The van der Waals surface area contributed by atoms with Crippen molar-refractivity contribution in [2.45, 2.75) is 12.8 Å². The third-order valence-electron chi connectivity index (χ3n) is 4.49. The lowest BCUT2D eigenvalue weighted by atomic mass is 10.1. The van der Waals surface area contributed by atoms with Crippen molar-refractivity contribution in [3.05, 3.63) is 70.0 Å². The molecule has 1 fully saturated rings. The summed E-state index contributed by atoms with van der Waals surface area (Å²) >= 11 is 0. The molecule has 2 amide bonds. The Balaban J connectivity index is 1.60. The van der Waals surface area contributed by atoms with Crippen LogP contribution in [0.4, 0.5) is 15.8 Å². The smallest absolute Gasteiger partial charge is 0.306 e. The average molecular weight is 371 g/mol. The van der Waals surface area contributed by atoms with Crippen molar-refractivity contribution in [3.63, 3.8) is 0 Å². The van der Waals surface area contributed by atoms with Gasteiger partial charge in [-0.2, -0.15) is 4.39 Å². The predicted octanol–water partition coefficient (Wildman–Crippen LogP) is 2.45. The van der Waals surface area contributed by atoms with Gasteiger partial charge in [0, 0.05) is 25.6 Å². The number of carbonyl (C=O) groups is 2. The Kier molecular flexibility index (Phi) is 5.44. The first-order chi connectivity index (χ1) is 13.0. The van der Waals surface area contributed by atoms with Crippen LogP contribution < -0.4 is 10.2 Å². The monoisotopic (exact) mass is 371 g/mol. The second-order valence-corrected chi connectivity index (χ2v) is 6.32. The van der Waals surface area contributed by atoms with E-state index in [9.17, 15) is 24.1 Å². The molecule has 2 aromatic carbocycles. The van der Waals surface area contributed by atoms with Gasteiger partial charge in [0.15, 0.2) is 0 Å². The van der Waals surface area contributed by atoms with Gasteiger partial charge in [-0.15, -0.1) is 0 Å². The van der Waals surface area contributed by atoms with Crippen molar-refractivity contribution < 1.29 is 18.9 Å². The quantitative estimate of drug-likeness (QED) is 0.624. The lowest BCUT2D eigenvalue weighted by Crippen LogP contribution is -2.34. The summed E-state index contributed by atoms with van der Waals surface area (Å²) < 4.78 is 13.5. The second kappa shape index (κ2) is 7.94. The lowest BCUT2D eigenvalue weighted by Gasteiger charge is -2.16. The summed E-state index contributed by atoms with van der Waals surface area (Å²) in [4.78, 5) is 35.9. The normalized spacial score (nSPS) is 16.4. The molecule has 8 heteroatoms. The first-order valence-electron chi connectivity index (χ1n) is 8.51. The number of nitro groups is 1. The largest absolute Gasteiger partial charge is 0.355 e. The van der Waals surface area contributed by atoms with Gasteiger partial charge >= 0.3 is 5.69 Å². The standard InChI is InChI=1S/C19H18FN3O4/c20-16-7-6-15(11-17(16)23(26)27)22-12-14(10-18(22)24)19(25)21-9-8-13-4-2-1-3-5-13/h1-7,11,14H,8-10,12H2,(H,21,25). The number of anilines is 1. The van der Waals surface area contributed by atoms with Crippen molar-refractivity contribution in [3.8, 4) is 0 Å². The summed E-state index contributed by atoms with van der Waals surface area (Å²) in [6.07, 6.45) is 0.698. The summed E-state index contributed by atoms with van der Waals surface area (Å²) in [5, 5.41) is 13.7. The molecule has 3 rings (SSSR count). The van der Waals surface area contributed by atoms with Crippen LogP contribution in [-0.4, -0.2) is 29.8 Å². The van der Waals surface area contributed by atoms with Crippen molar-refractivity contribution in [1.82, 2.24) is 5.32 Å². The molecular weight excluding hydrogens is 353 g/mol. The molecule has 1 atom stereocenters. The molecule has 7 nitrogen and oxygen atoms in total. The van der Waals surface area contributed by atoms with Crippen LogP contribution in [0.25, 0.3) is 0 Å². The summed E-state index contributed by atoms with van der Waals surface area (Å²) in [7, 11) is 0. The fourth-order valence-corrected chi connectivity index (χ4v) is 3.06. The Labute approximate surface area is 154 Å². The number of nitrogens with zero attached hydrogens (tertiary/aromatic N) is 2. The van der Waals surface area contributed by atoms with E-state index < -0.39 is 22.3 Å². The number of nitrogens with one attached hydrogen (secondary N) is 1. The van der Waals surface area contributed by atoms with E-state index in [0.717, 1.165) is 17.7 Å². The number of rotatable bonds is 6. The molecule has 0 spiro atoms. The van der Waals surface area contributed by atoms with Gasteiger partial charge in [-0.1, -0.05) is 30.3 Å². The Morgan fingerprint density at radius 2 is 2.00 bits per heavy atom. The first-order valence-corrected chi connectivity index (χ1v) is 8.51. The highest BCUT2D eigenvalue weighted by Crippen LogP contribution is 2.29. The average Bonchev–Trinajstić information content (AvgIpc) is 3.04. The Morgan fingerprint density at radius 3 is 2.70 bits per heavy atom. The van der Waals surface area contributed by atoms with E-state index in [2.05, 4.69) is 5.32 Å². The minimum Gasteiger partial charge on any atom is -0.355 e. The van der Waals surface area contributed by atoms with E-state index in [1.807, 2.05) is 30.3 Å². The van der Waals surface area contributed by atoms with Crippen LogP contribution in [0.15, 0.2) is 48.5 Å². The highest BCUT2D eigenvalue weighted by molar-refractivity contribution is 6.00. The molecule has 1 aliphatic heterocycles. The summed E-state index contributed by atoms with van der Waals surface area (Å²) in [5.74, 6) is -2.07. The molecular formula is C19H18FN3O4. The summed E-state index contributed by atoms with van der Waals surface area (Å²) in [6, 6.07) is 13.0. The molecule has 0 aromatic heterocycles. The van der Waals surface area contributed by atoms with Crippen molar-refractivity contribution in [1.29, 1.82) is 0 Å².